The molecule has 0 saturated carbocycles. The van der Waals surface area contributed by atoms with E-state index in [0.29, 0.717) is 35.5 Å². The number of phenolic OH excluding ortho intramolecular Hbond substituents is 1. The van der Waals surface area contributed by atoms with Gasteiger partial charge >= 0.3 is 0 Å². The van der Waals surface area contributed by atoms with Crippen molar-refractivity contribution in [3.05, 3.63) is 46.6 Å². The first kappa shape index (κ1) is 16.9. The monoisotopic (exact) mass is 340 g/mol. The highest BCUT2D eigenvalue weighted by Gasteiger charge is 2.43. The third-order valence-electron chi connectivity index (χ3n) is 4.61. The summed E-state index contributed by atoms with van der Waals surface area (Å²) in [5.74, 6) is 0.0655. The number of hydrogen-bond donors (Lipinski definition) is 2. The Labute approximate surface area is 146 Å². The molecule has 1 atom stereocenters. The first-order valence-electron chi connectivity index (χ1n) is 7.98. The summed E-state index contributed by atoms with van der Waals surface area (Å²) in [5.41, 5.74) is 6.95. The summed E-state index contributed by atoms with van der Waals surface area (Å²) in [6.45, 7) is 3.98. The summed E-state index contributed by atoms with van der Waals surface area (Å²) in [7, 11) is 1.45. The average molecular weight is 340 g/mol. The fourth-order valence-corrected chi connectivity index (χ4v) is 3.50. The van der Waals surface area contributed by atoms with Gasteiger partial charge in [-0.05, 0) is 23.1 Å². The minimum atomic E-state index is -0.644. The number of nitriles is 1. The van der Waals surface area contributed by atoms with Gasteiger partial charge in [0, 0.05) is 18.4 Å². The molecule has 6 heteroatoms. The lowest BCUT2D eigenvalue weighted by molar-refractivity contribution is -0.119. The second-order valence-electron chi connectivity index (χ2n) is 7.13. The van der Waals surface area contributed by atoms with E-state index >= 15 is 0 Å². The maximum Gasteiger partial charge on any atom is 0.205 e. The second-order valence-corrected chi connectivity index (χ2v) is 7.13. The van der Waals surface area contributed by atoms with Gasteiger partial charge in [-0.2, -0.15) is 5.26 Å². The van der Waals surface area contributed by atoms with Gasteiger partial charge in [0.05, 0.1) is 13.0 Å². The number of phenols is 1. The number of carbonyl (C=O) groups is 1. The Morgan fingerprint density at radius 1 is 1.40 bits per heavy atom. The van der Waals surface area contributed by atoms with Gasteiger partial charge in [0.25, 0.3) is 0 Å². The third-order valence-corrected chi connectivity index (χ3v) is 4.61. The van der Waals surface area contributed by atoms with Crippen molar-refractivity contribution in [3.63, 3.8) is 0 Å². The predicted molar refractivity (Wildman–Crippen MR) is 90.4 cm³/mol. The van der Waals surface area contributed by atoms with Gasteiger partial charge in [-0.3, -0.25) is 4.79 Å². The molecule has 25 heavy (non-hydrogen) atoms. The van der Waals surface area contributed by atoms with Crippen molar-refractivity contribution in [2.75, 3.05) is 7.11 Å². The normalized spacial score (nSPS) is 22.2. The number of methoxy groups -OCH3 is 1. The molecule has 3 N–H and O–H groups in total. The Morgan fingerprint density at radius 2 is 2.12 bits per heavy atom. The number of aromatic hydroxyl groups is 1. The first-order chi connectivity index (χ1) is 11.8. The third kappa shape index (κ3) is 2.82. The van der Waals surface area contributed by atoms with Crippen LogP contribution in [0.25, 0.3) is 0 Å². The minimum absolute atomic E-state index is 0.00654. The summed E-state index contributed by atoms with van der Waals surface area (Å²) >= 11 is 0. The Morgan fingerprint density at radius 3 is 2.72 bits per heavy atom. The van der Waals surface area contributed by atoms with Crippen LogP contribution in [-0.4, -0.2) is 18.0 Å². The maximum absolute atomic E-state index is 12.8. The SMILES string of the molecule is COc1ccc([C@H]2C(C#N)=C(N)OC3=C2C(=O)CC(C)(C)C3)cc1O. The fraction of sp³-hybridized carbons (Fsp3) is 0.368. The number of carbonyl (C=O) groups excluding carboxylic acids is 1. The Kier molecular flexibility index (Phi) is 3.96. The smallest absolute Gasteiger partial charge is 0.205 e. The molecule has 2 aliphatic rings. The molecule has 1 heterocycles. The van der Waals surface area contributed by atoms with E-state index in [9.17, 15) is 15.2 Å². The average Bonchev–Trinajstić information content (AvgIpc) is 2.52. The van der Waals surface area contributed by atoms with Gasteiger partial charge < -0.3 is 20.3 Å². The van der Waals surface area contributed by atoms with E-state index in [0.717, 1.165) is 0 Å². The Bertz CT molecular complexity index is 859. The van der Waals surface area contributed by atoms with Crippen LogP contribution in [0.1, 0.15) is 38.2 Å². The molecule has 0 unspecified atom stereocenters. The van der Waals surface area contributed by atoms with Crippen LogP contribution in [0.2, 0.25) is 0 Å². The molecule has 1 aromatic rings. The number of nitrogens with two attached hydrogens (primary N) is 1. The van der Waals surface area contributed by atoms with Crippen molar-refractivity contribution >= 4 is 5.78 Å². The van der Waals surface area contributed by atoms with E-state index in [-0.39, 0.29) is 28.4 Å². The molecule has 0 saturated heterocycles. The van der Waals surface area contributed by atoms with E-state index in [1.54, 1.807) is 12.1 Å². The zero-order valence-corrected chi connectivity index (χ0v) is 14.4. The van der Waals surface area contributed by atoms with Crippen molar-refractivity contribution < 1.29 is 19.4 Å². The van der Waals surface area contributed by atoms with Crippen LogP contribution in [0.15, 0.2) is 41.0 Å². The van der Waals surface area contributed by atoms with Gasteiger partial charge in [-0.25, -0.2) is 0 Å². The van der Waals surface area contributed by atoms with E-state index in [4.69, 9.17) is 15.2 Å². The molecule has 0 radical (unpaired) electrons. The van der Waals surface area contributed by atoms with Crippen LogP contribution in [-0.2, 0) is 9.53 Å². The number of Topliss-reactive ketones (excluding diaryl/α,β-unsaturated/α-hetero) is 1. The van der Waals surface area contributed by atoms with Gasteiger partial charge in [0.1, 0.15) is 17.4 Å². The largest absolute Gasteiger partial charge is 0.504 e. The standard InChI is InChI=1S/C19H20N2O4/c1-19(2)7-13(23)17-15(8-19)25-18(21)11(9-20)16(17)10-4-5-14(24-3)12(22)6-10/h4-6,16,22H,7-8,21H2,1-3H3/t16-/m0/s1. The Hall–Kier alpha value is -2.94. The number of ether oxygens (including phenoxy) is 2. The van der Waals surface area contributed by atoms with Crippen LogP contribution in [0.3, 0.4) is 0 Å². The van der Waals surface area contributed by atoms with Crippen LogP contribution in [0, 0.1) is 16.7 Å². The van der Waals surface area contributed by atoms with Gasteiger partial charge in [-0.15, -0.1) is 0 Å². The highest BCUT2D eigenvalue weighted by molar-refractivity contribution is 6.00. The highest BCUT2D eigenvalue weighted by atomic mass is 16.5. The summed E-state index contributed by atoms with van der Waals surface area (Å²) in [6, 6.07) is 6.87. The summed E-state index contributed by atoms with van der Waals surface area (Å²) < 4.78 is 10.7. The molecule has 0 aromatic heterocycles. The number of allylic oxidation sites excluding steroid dienone is 3. The van der Waals surface area contributed by atoms with Crippen LogP contribution < -0.4 is 10.5 Å². The van der Waals surface area contributed by atoms with Gasteiger partial charge in [-0.1, -0.05) is 19.9 Å². The zero-order chi connectivity index (χ0) is 18.4. The van der Waals surface area contributed by atoms with Gasteiger partial charge in [0.2, 0.25) is 5.88 Å². The maximum atomic E-state index is 12.8. The fourth-order valence-electron chi connectivity index (χ4n) is 3.50. The first-order valence-corrected chi connectivity index (χ1v) is 7.98. The molecule has 0 fully saturated rings. The topological polar surface area (TPSA) is 106 Å². The molecule has 0 spiro atoms. The quantitative estimate of drug-likeness (QED) is 0.857. The molecular weight excluding hydrogens is 320 g/mol. The molecular formula is C19H20N2O4. The molecule has 1 aliphatic heterocycles. The molecule has 6 nitrogen and oxygen atoms in total. The summed E-state index contributed by atoms with van der Waals surface area (Å²) in [4.78, 5) is 12.8. The number of ketones is 1. The molecule has 1 aliphatic carbocycles. The van der Waals surface area contributed by atoms with E-state index < -0.39 is 5.92 Å². The van der Waals surface area contributed by atoms with Crippen molar-refractivity contribution in [3.8, 4) is 17.6 Å². The van der Waals surface area contributed by atoms with Crippen LogP contribution in [0.4, 0.5) is 0 Å². The predicted octanol–water partition coefficient (Wildman–Crippen LogP) is 2.85. The molecule has 0 bridgehead atoms. The zero-order valence-electron chi connectivity index (χ0n) is 14.4. The van der Waals surface area contributed by atoms with Crippen LogP contribution in [0.5, 0.6) is 11.5 Å². The lowest BCUT2D eigenvalue weighted by atomic mass is 9.70. The van der Waals surface area contributed by atoms with Crippen LogP contribution >= 0.6 is 0 Å². The van der Waals surface area contributed by atoms with E-state index in [2.05, 4.69) is 6.07 Å². The Balaban J connectivity index is 2.18. The lowest BCUT2D eigenvalue weighted by Gasteiger charge is -2.37. The molecule has 3 rings (SSSR count). The molecule has 1 aromatic carbocycles. The minimum Gasteiger partial charge on any atom is -0.504 e. The summed E-state index contributed by atoms with van der Waals surface area (Å²) in [6.07, 6.45) is 0.929. The lowest BCUT2D eigenvalue weighted by Crippen LogP contribution is -2.33. The van der Waals surface area contributed by atoms with Crippen molar-refractivity contribution in [1.82, 2.24) is 0 Å². The molecule has 0 amide bonds. The second kappa shape index (κ2) is 5.85. The number of hydrogen-bond acceptors (Lipinski definition) is 6. The summed E-state index contributed by atoms with van der Waals surface area (Å²) in [5, 5.41) is 19.7. The number of nitrogens with zero attached hydrogens (tertiary/aromatic N) is 1. The van der Waals surface area contributed by atoms with Crippen molar-refractivity contribution in [1.29, 1.82) is 5.26 Å². The number of rotatable bonds is 2. The van der Waals surface area contributed by atoms with Crippen molar-refractivity contribution in [2.45, 2.75) is 32.6 Å². The van der Waals surface area contributed by atoms with E-state index in [1.807, 2.05) is 13.8 Å². The number of benzene rings is 1. The van der Waals surface area contributed by atoms with Crippen molar-refractivity contribution in [2.24, 2.45) is 11.1 Å². The van der Waals surface area contributed by atoms with Gasteiger partial charge in [0.15, 0.2) is 17.3 Å². The highest BCUT2D eigenvalue weighted by Crippen LogP contribution is 2.48. The van der Waals surface area contributed by atoms with E-state index in [1.165, 1.54) is 13.2 Å². The molecule has 130 valence electrons.